The molecule has 0 aromatic carbocycles. The third-order valence-corrected chi connectivity index (χ3v) is 3.24. The number of nitrogens with one attached hydrogen (secondary N) is 2. The highest BCUT2D eigenvalue weighted by Gasteiger charge is 2.21. The van der Waals surface area contributed by atoms with Gasteiger partial charge in [-0.2, -0.15) is 0 Å². The zero-order valence-electron chi connectivity index (χ0n) is 9.40. The van der Waals surface area contributed by atoms with Crippen molar-refractivity contribution in [3.8, 4) is 5.88 Å². The first-order valence-electron chi connectivity index (χ1n) is 5.73. The van der Waals surface area contributed by atoms with Crippen LogP contribution in [0.25, 0.3) is 0 Å². The minimum absolute atomic E-state index is 0.0770. The zero-order chi connectivity index (χ0) is 12.4. The number of rotatable bonds is 2. The van der Waals surface area contributed by atoms with Gasteiger partial charge in [-0.15, -0.1) is 0 Å². The van der Waals surface area contributed by atoms with Gasteiger partial charge >= 0.3 is 5.69 Å². The summed E-state index contributed by atoms with van der Waals surface area (Å²) in [6.45, 7) is 0. The van der Waals surface area contributed by atoms with Crippen LogP contribution < -0.4 is 11.2 Å². The minimum atomic E-state index is -0.713. The van der Waals surface area contributed by atoms with Crippen LogP contribution in [0.5, 0.6) is 5.88 Å². The molecule has 1 heterocycles. The fraction of sp³-hybridized carbons (Fsp3) is 0.545. The average Bonchev–Trinajstić information content (AvgIpc) is 2.30. The molecule has 2 rings (SSSR count). The van der Waals surface area contributed by atoms with Crippen LogP contribution in [0.2, 0.25) is 0 Å². The van der Waals surface area contributed by atoms with Crippen molar-refractivity contribution in [3.05, 3.63) is 26.4 Å². The second kappa shape index (κ2) is 4.57. The lowest BCUT2D eigenvalue weighted by atomic mass is 9.95. The van der Waals surface area contributed by atoms with Gasteiger partial charge in [0.1, 0.15) is 5.56 Å². The lowest BCUT2D eigenvalue weighted by Gasteiger charge is -2.24. The van der Waals surface area contributed by atoms with Crippen LogP contribution in [-0.4, -0.2) is 20.9 Å². The van der Waals surface area contributed by atoms with Crippen molar-refractivity contribution in [2.24, 2.45) is 0 Å². The van der Waals surface area contributed by atoms with Gasteiger partial charge in [-0.05, 0) is 12.8 Å². The van der Waals surface area contributed by atoms with Gasteiger partial charge in [0.25, 0.3) is 5.56 Å². The molecule has 1 fully saturated rings. The van der Waals surface area contributed by atoms with E-state index in [1.54, 1.807) is 0 Å². The Morgan fingerprint density at radius 3 is 2.53 bits per heavy atom. The third-order valence-electron chi connectivity index (χ3n) is 3.24. The van der Waals surface area contributed by atoms with Gasteiger partial charge in [-0.3, -0.25) is 14.3 Å². The Hall–Kier alpha value is -1.85. The first-order chi connectivity index (χ1) is 8.15. The Balaban J connectivity index is 2.56. The Morgan fingerprint density at radius 2 is 1.94 bits per heavy atom. The number of hydrogen-bond donors (Lipinski definition) is 3. The molecule has 0 aliphatic heterocycles. The maximum absolute atomic E-state index is 11.7. The standard InChI is InChI=1S/C11H15N3O3/c12-6-8-9(15)13-11(17)14(10(8)16)7-4-2-1-3-5-7/h6-7,12,16H,1-5H2,(H,13,15,17). The number of aromatic amines is 1. The molecule has 0 bridgehead atoms. The van der Waals surface area contributed by atoms with Crippen LogP contribution in [-0.2, 0) is 0 Å². The Kier molecular flexibility index (Phi) is 3.12. The van der Waals surface area contributed by atoms with E-state index < -0.39 is 11.2 Å². The fourth-order valence-corrected chi connectivity index (χ4v) is 2.36. The molecule has 0 atom stereocenters. The van der Waals surface area contributed by atoms with Gasteiger partial charge in [-0.25, -0.2) is 4.79 Å². The molecule has 1 aliphatic rings. The van der Waals surface area contributed by atoms with E-state index in [0.29, 0.717) is 0 Å². The number of H-pyrrole nitrogens is 1. The molecular weight excluding hydrogens is 222 g/mol. The predicted octanol–water partition coefficient (Wildman–Crippen LogP) is 0.745. The molecule has 0 spiro atoms. The summed E-state index contributed by atoms with van der Waals surface area (Å²) in [6.07, 6.45) is 5.55. The summed E-state index contributed by atoms with van der Waals surface area (Å²) < 4.78 is 1.21. The summed E-state index contributed by atoms with van der Waals surface area (Å²) in [5.41, 5.74) is -1.46. The Bertz CT molecular complexity index is 538. The molecule has 6 nitrogen and oxygen atoms in total. The maximum Gasteiger partial charge on any atom is 0.331 e. The molecule has 6 heteroatoms. The molecular formula is C11H15N3O3. The molecule has 17 heavy (non-hydrogen) atoms. The molecule has 1 aliphatic carbocycles. The molecule has 92 valence electrons. The van der Waals surface area contributed by atoms with Crippen molar-refractivity contribution in [2.75, 3.05) is 0 Å². The fourth-order valence-electron chi connectivity index (χ4n) is 2.36. The summed E-state index contributed by atoms with van der Waals surface area (Å²) >= 11 is 0. The van der Waals surface area contributed by atoms with Gasteiger partial charge in [-0.1, -0.05) is 19.3 Å². The van der Waals surface area contributed by atoms with Crippen molar-refractivity contribution in [2.45, 2.75) is 38.1 Å². The van der Waals surface area contributed by atoms with Crippen molar-refractivity contribution in [1.29, 1.82) is 5.41 Å². The number of nitrogens with zero attached hydrogens (tertiary/aromatic N) is 1. The predicted molar refractivity (Wildman–Crippen MR) is 63.0 cm³/mol. The van der Waals surface area contributed by atoms with Crippen LogP contribution in [0, 0.1) is 5.41 Å². The van der Waals surface area contributed by atoms with E-state index in [2.05, 4.69) is 4.98 Å². The minimum Gasteiger partial charge on any atom is -0.494 e. The average molecular weight is 237 g/mol. The summed E-state index contributed by atoms with van der Waals surface area (Å²) in [4.78, 5) is 25.2. The third kappa shape index (κ3) is 2.02. The van der Waals surface area contributed by atoms with Gasteiger partial charge in [0, 0.05) is 12.3 Å². The molecule has 0 unspecified atom stereocenters. The largest absolute Gasteiger partial charge is 0.494 e. The lowest BCUT2D eigenvalue weighted by molar-refractivity contribution is 0.298. The summed E-state index contributed by atoms with van der Waals surface area (Å²) in [7, 11) is 0. The number of aromatic nitrogens is 2. The molecule has 3 N–H and O–H groups in total. The van der Waals surface area contributed by atoms with Crippen molar-refractivity contribution < 1.29 is 5.11 Å². The monoisotopic (exact) mass is 237 g/mol. The summed E-state index contributed by atoms with van der Waals surface area (Å²) in [5, 5.41) is 17.0. The van der Waals surface area contributed by atoms with E-state index >= 15 is 0 Å². The van der Waals surface area contributed by atoms with Crippen LogP contribution in [0.1, 0.15) is 43.7 Å². The summed E-state index contributed by atoms with van der Waals surface area (Å²) in [6, 6.07) is -0.0770. The highest BCUT2D eigenvalue weighted by atomic mass is 16.3. The first kappa shape index (κ1) is 11.6. The molecule has 1 aromatic heterocycles. The SMILES string of the molecule is N=Cc1c(O)n(C2CCCCC2)c(=O)[nH]c1=O. The van der Waals surface area contributed by atoms with Crippen LogP contribution >= 0.6 is 0 Å². The molecule has 0 amide bonds. The van der Waals surface area contributed by atoms with Gasteiger partial charge < -0.3 is 10.5 Å². The van der Waals surface area contributed by atoms with Crippen molar-refractivity contribution >= 4 is 6.21 Å². The van der Waals surface area contributed by atoms with E-state index in [9.17, 15) is 14.7 Å². The lowest BCUT2D eigenvalue weighted by Crippen LogP contribution is -2.35. The van der Waals surface area contributed by atoms with E-state index in [1.165, 1.54) is 4.57 Å². The van der Waals surface area contributed by atoms with Crippen LogP contribution in [0.4, 0.5) is 0 Å². The van der Waals surface area contributed by atoms with Crippen LogP contribution in [0.3, 0.4) is 0 Å². The topological polar surface area (TPSA) is 98.9 Å². The summed E-state index contributed by atoms with van der Waals surface area (Å²) in [5.74, 6) is -0.388. The quantitative estimate of drug-likeness (QED) is 0.661. The van der Waals surface area contributed by atoms with E-state index in [1.807, 2.05) is 0 Å². The van der Waals surface area contributed by atoms with Crippen molar-refractivity contribution in [3.63, 3.8) is 0 Å². The zero-order valence-corrected chi connectivity index (χ0v) is 9.40. The van der Waals surface area contributed by atoms with Crippen LogP contribution in [0.15, 0.2) is 9.59 Å². The first-order valence-corrected chi connectivity index (χ1v) is 5.73. The van der Waals surface area contributed by atoms with E-state index in [4.69, 9.17) is 5.41 Å². The molecule has 0 radical (unpaired) electrons. The van der Waals surface area contributed by atoms with E-state index in [0.717, 1.165) is 38.3 Å². The van der Waals surface area contributed by atoms with Gasteiger partial charge in [0.15, 0.2) is 0 Å². The second-order valence-electron chi connectivity index (χ2n) is 4.30. The highest BCUT2D eigenvalue weighted by Crippen LogP contribution is 2.29. The molecule has 1 saturated carbocycles. The maximum atomic E-state index is 11.7. The Labute approximate surface area is 97.4 Å². The second-order valence-corrected chi connectivity index (χ2v) is 4.30. The van der Waals surface area contributed by atoms with Gasteiger partial charge in [0.2, 0.25) is 5.88 Å². The Morgan fingerprint density at radius 1 is 1.29 bits per heavy atom. The van der Waals surface area contributed by atoms with Crippen molar-refractivity contribution in [1.82, 2.24) is 9.55 Å². The van der Waals surface area contributed by atoms with Gasteiger partial charge in [0.05, 0.1) is 0 Å². The number of aromatic hydroxyl groups is 1. The molecule has 1 aromatic rings. The normalized spacial score (nSPS) is 16.9. The molecule has 0 saturated heterocycles. The smallest absolute Gasteiger partial charge is 0.331 e. The van der Waals surface area contributed by atoms with E-state index in [-0.39, 0.29) is 17.5 Å². The number of hydrogen-bond acceptors (Lipinski definition) is 4. The highest BCUT2D eigenvalue weighted by molar-refractivity contribution is 5.79.